The Bertz CT molecular complexity index is 360. The molecule has 2 aliphatic rings. The molecule has 1 saturated carbocycles. The molecule has 3 rings (SSSR count). The first-order valence-corrected chi connectivity index (χ1v) is 5.14. The number of nitrogens with one attached hydrogen (secondary N) is 1. The molecule has 0 atom stereocenters. The van der Waals surface area contributed by atoms with E-state index in [9.17, 15) is 5.11 Å². The fourth-order valence-electron chi connectivity index (χ4n) is 2.67. The Kier molecular flexibility index (Phi) is 1.28. The average Bonchev–Trinajstić information content (AvgIpc) is 2.55. The van der Waals surface area contributed by atoms with E-state index in [0.717, 1.165) is 19.3 Å². The molecule has 0 spiro atoms. The molecule has 1 aromatic heterocycles. The summed E-state index contributed by atoms with van der Waals surface area (Å²) in [5, 5.41) is 10.1. The van der Waals surface area contributed by atoms with Crippen LogP contribution in [-0.2, 0) is 18.4 Å². The minimum Gasteiger partial charge on any atom is -0.385 e. The normalized spacial score (nSPS) is 23.2. The van der Waals surface area contributed by atoms with Gasteiger partial charge in [-0.1, -0.05) is 0 Å². The Morgan fingerprint density at radius 1 is 1.31 bits per heavy atom. The van der Waals surface area contributed by atoms with Crippen LogP contribution >= 0.6 is 0 Å². The van der Waals surface area contributed by atoms with Crippen molar-refractivity contribution < 1.29 is 5.11 Å². The lowest BCUT2D eigenvalue weighted by Gasteiger charge is -2.09. The summed E-state index contributed by atoms with van der Waals surface area (Å²) in [6, 6.07) is 0. The molecular weight excluding hydrogens is 162 g/mol. The van der Waals surface area contributed by atoms with Crippen molar-refractivity contribution >= 4 is 0 Å². The molecular formula is C11H15NO. The molecule has 0 amide bonds. The van der Waals surface area contributed by atoms with Gasteiger partial charge in [0.25, 0.3) is 0 Å². The number of aliphatic hydroxyl groups is 1. The Morgan fingerprint density at radius 3 is 2.77 bits per heavy atom. The first-order valence-electron chi connectivity index (χ1n) is 5.14. The first kappa shape index (κ1) is 7.63. The van der Waals surface area contributed by atoms with E-state index in [2.05, 4.69) is 11.9 Å². The van der Waals surface area contributed by atoms with Gasteiger partial charge in [-0.25, -0.2) is 0 Å². The van der Waals surface area contributed by atoms with Gasteiger partial charge in [-0.3, -0.25) is 0 Å². The van der Waals surface area contributed by atoms with Crippen LogP contribution in [0.3, 0.4) is 0 Å². The largest absolute Gasteiger partial charge is 0.385 e. The fourth-order valence-corrected chi connectivity index (χ4v) is 2.67. The Balaban J connectivity index is 2.17. The molecule has 2 N–H and O–H groups in total. The van der Waals surface area contributed by atoms with E-state index in [-0.39, 0.29) is 0 Å². The number of aryl methyl sites for hydroxylation is 2. The van der Waals surface area contributed by atoms with Gasteiger partial charge in [-0.2, -0.15) is 0 Å². The zero-order valence-electron chi connectivity index (χ0n) is 7.98. The molecule has 13 heavy (non-hydrogen) atoms. The summed E-state index contributed by atoms with van der Waals surface area (Å²) in [6.07, 6.45) is 5.50. The molecule has 0 bridgehead atoms. The molecule has 0 radical (unpaired) electrons. The van der Waals surface area contributed by atoms with Gasteiger partial charge in [0.2, 0.25) is 0 Å². The molecule has 1 aromatic rings. The van der Waals surface area contributed by atoms with Crippen molar-refractivity contribution in [1.29, 1.82) is 0 Å². The molecule has 70 valence electrons. The van der Waals surface area contributed by atoms with Crippen LogP contribution in [0.2, 0.25) is 0 Å². The zero-order chi connectivity index (χ0) is 9.05. The van der Waals surface area contributed by atoms with Crippen molar-refractivity contribution in [3.8, 4) is 0 Å². The van der Waals surface area contributed by atoms with Gasteiger partial charge in [-0.05, 0) is 44.6 Å². The monoisotopic (exact) mass is 177 g/mol. The van der Waals surface area contributed by atoms with Gasteiger partial charge >= 0.3 is 0 Å². The number of fused-ring (bicyclic) bond motifs is 1. The highest BCUT2D eigenvalue weighted by molar-refractivity contribution is 5.45. The van der Waals surface area contributed by atoms with Crippen LogP contribution in [0, 0.1) is 6.92 Å². The number of hydrogen-bond donors (Lipinski definition) is 2. The van der Waals surface area contributed by atoms with Gasteiger partial charge in [-0.15, -0.1) is 0 Å². The maximum absolute atomic E-state index is 10.1. The molecule has 2 nitrogen and oxygen atoms in total. The molecule has 0 aromatic carbocycles. The van der Waals surface area contributed by atoms with Crippen LogP contribution in [0.25, 0.3) is 0 Å². The van der Waals surface area contributed by atoms with Crippen molar-refractivity contribution in [2.24, 2.45) is 0 Å². The topological polar surface area (TPSA) is 36.0 Å². The molecule has 1 heterocycles. The van der Waals surface area contributed by atoms with Crippen molar-refractivity contribution in [1.82, 2.24) is 4.98 Å². The van der Waals surface area contributed by atoms with Crippen molar-refractivity contribution in [2.75, 3.05) is 0 Å². The molecule has 0 unspecified atom stereocenters. The highest BCUT2D eigenvalue weighted by Crippen LogP contribution is 2.49. The molecule has 2 aliphatic carbocycles. The Hall–Kier alpha value is -0.760. The van der Waals surface area contributed by atoms with Gasteiger partial charge in [0, 0.05) is 17.0 Å². The van der Waals surface area contributed by atoms with Crippen LogP contribution in [0.4, 0.5) is 0 Å². The summed E-state index contributed by atoms with van der Waals surface area (Å²) >= 11 is 0. The van der Waals surface area contributed by atoms with Gasteiger partial charge in [0.05, 0.1) is 5.60 Å². The summed E-state index contributed by atoms with van der Waals surface area (Å²) in [5.74, 6) is 0. The second-order valence-corrected chi connectivity index (χ2v) is 4.47. The van der Waals surface area contributed by atoms with E-state index >= 15 is 0 Å². The maximum Gasteiger partial charge on any atom is 0.0918 e. The number of hydrogen-bond acceptors (Lipinski definition) is 1. The minimum atomic E-state index is -0.446. The SMILES string of the molecule is Cc1[nH]c2c(c1C1(O)CC1)CCC2. The van der Waals surface area contributed by atoms with E-state index in [1.165, 1.54) is 35.4 Å². The second kappa shape index (κ2) is 2.18. The van der Waals surface area contributed by atoms with Crippen LogP contribution in [0.1, 0.15) is 41.8 Å². The highest BCUT2D eigenvalue weighted by Gasteiger charge is 2.46. The zero-order valence-corrected chi connectivity index (χ0v) is 7.98. The van der Waals surface area contributed by atoms with Crippen molar-refractivity contribution in [3.63, 3.8) is 0 Å². The third kappa shape index (κ3) is 0.923. The number of H-pyrrole nitrogens is 1. The summed E-state index contributed by atoms with van der Waals surface area (Å²) in [7, 11) is 0. The summed E-state index contributed by atoms with van der Waals surface area (Å²) in [5.41, 5.74) is 4.80. The van der Waals surface area contributed by atoms with E-state index in [1.807, 2.05) is 0 Å². The third-order valence-electron chi connectivity index (χ3n) is 3.42. The highest BCUT2D eigenvalue weighted by atomic mass is 16.3. The molecule has 2 heteroatoms. The van der Waals surface area contributed by atoms with Crippen molar-refractivity contribution in [2.45, 2.75) is 44.6 Å². The van der Waals surface area contributed by atoms with E-state index in [4.69, 9.17) is 0 Å². The lowest BCUT2D eigenvalue weighted by molar-refractivity contribution is 0.150. The Morgan fingerprint density at radius 2 is 2.08 bits per heavy atom. The van der Waals surface area contributed by atoms with Gasteiger partial charge in [0.15, 0.2) is 0 Å². The predicted molar refractivity (Wildman–Crippen MR) is 50.7 cm³/mol. The molecule has 0 saturated heterocycles. The van der Waals surface area contributed by atoms with Crippen LogP contribution in [-0.4, -0.2) is 10.1 Å². The molecule has 0 aliphatic heterocycles. The predicted octanol–water partition coefficient (Wildman–Crippen LogP) is 1.79. The van der Waals surface area contributed by atoms with Crippen molar-refractivity contribution in [3.05, 3.63) is 22.5 Å². The van der Waals surface area contributed by atoms with E-state index < -0.39 is 5.60 Å². The molecule has 1 fully saturated rings. The summed E-state index contributed by atoms with van der Waals surface area (Å²) in [4.78, 5) is 3.41. The van der Waals surface area contributed by atoms with E-state index in [0.29, 0.717) is 0 Å². The lowest BCUT2D eigenvalue weighted by atomic mass is 10.0. The van der Waals surface area contributed by atoms with Crippen LogP contribution in [0.15, 0.2) is 0 Å². The van der Waals surface area contributed by atoms with E-state index in [1.54, 1.807) is 0 Å². The lowest BCUT2D eigenvalue weighted by Crippen LogP contribution is -2.07. The maximum atomic E-state index is 10.1. The minimum absolute atomic E-state index is 0.446. The van der Waals surface area contributed by atoms with Crippen LogP contribution < -0.4 is 0 Å². The third-order valence-corrected chi connectivity index (χ3v) is 3.42. The van der Waals surface area contributed by atoms with Gasteiger partial charge in [0.1, 0.15) is 0 Å². The number of rotatable bonds is 1. The summed E-state index contributed by atoms with van der Waals surface area (Å²) < 4.78 is 0. The summed E-state index contributed by atoms with van der Waals surface area (Å²) in [6.45, 7) is 2.09. The first-order chi connectivity index (χ1) is 6.21. The quantitative estimate of drug-likeness (QED) is 0.674. The fraction of sp³-hybridized carbons (Fsp3) is 0.636. The standard InChI is InChI=1S/C11H15NO/c1-7-10(11(13)5-6-11)8-3-2-4-9(8)12-7/h12-13H,2-6H2,1H3. The average molecular weight is 177 g/mol. The Labute approximate surface area is 78.0 Å². The number of aromatic amines is 1. The smallest absolute Gasteiger partial charge is 0.0918 e. The number of aromatic nitrogens is 1. The van der Waals surface area contributed by atoms with Crippen LogP contribution in [0.5, 0.6) is 0 Å². The van der Waals surface area contributed by atoms with Gasteiger partial charge < -0.3 is 10.1 Å². The second-order valence-electron chi connectivity index (χ2n) is 4.47.